The number of anilines is 2. The Morgan fingerprint density at radius 1 is 1.26 bits per heavy atom. The van der Waals surface area contributed by atoms with Gasteiger partial charge in [0, 0.05) is 18.5 Å². The maximum absolute atomic E-state index is 5.67. The van der Waals surface area contributed by atoms with Gasteiger partial charge in [-0.15, -0.1) is 11.6 Å². The van der Waals surface area contributed by atoms with Gasteiger partial charge < -0.3 is 10.3 Å². The van der Waals surface area contributed by atoms with Gasteiger partial charge in [0.15, 0.2) is 5.65 Å². The molecule has 0 bridgehead atoms. The van der Waals surface area contributed by atoms with E-state index in [0.29, 0.717) is 29.7 Å². The summed E-state index contributed by atoms with van der Waals surface area (Å²) in [4.78, 5) is 20.0. The number of aryl methyl sites for hydroxylation is 1. The van der Waals surface area contributed by atoms with Gasteiger partial charge in [-0.3, -0.25) is 4.98 Å². The standard InChI is InChI=1S/C12H11ClN6/c13-4-3-10-15-7-9-11(18-10)19-12(17-9)16-8-2-1-5-14-6-8/h1-2,5-7H,3-4H2,(H2,15,16,17,18,19). The Hall–Kier alpha value is -2.21. The predicted octanol–water partition coefficient (Wildman–Crippen LogP) is 2.27. The lowest BCUT2D eigenvalue weighted by Gasteiger charge is -1.99. The van der Waals surface area contributed by atoms with E-state index in [-0.39, 0.29) is 0 Å². The molecule has 2 N–H and O–H groups in total. The number of rotatable bonds is 4. The molecule has 3 aromatic rings. The molecule has 0 saturated carbocycles. The van der Waals surface area contributed by atoms with E-state index in [4.69, 9.17) is 11.6 Å². The number of H-pyrrole nitrogens is 1. The Balaban J connectivity index is 1.89. The fourth-order valence-corrected chi connectivity index (χ4v) is 1.85. The first-order valence-electron chi connectivity index (χ1n) is 5.80. The van der Waals surface area contributed by atoms with Gasteiger partial charge in [0.25, 0.3) is 0 Å². The van der Waals surface area contributed by atoms with Gasteiger partial charge in [0.05, 0.1) is 18.1 Å². The number of hydrogen-bond acceptors (Lipinski definition) is 5. The van der Waals surface area contributed by atoms with Gasteiger partial charge in [-0.1, -0.05) is 0 Å². The molecule has 0 aliphatic rings. The summed E-state index contributed by atoms with van der Waals surface area (Å²) in [7, 11) is 0. The summed E-state index contributed by atoms with van der Waals surface area (Å²) < 4.78 is 0. The lowest BCUT2D eigenvalue weighted by Crippen LogP contribution is -1.95. The van der Waals surface area contributed by atoms with E-state index < -0.39 is 0 Å². The highest BCUT2D eigenvalue weighted by molar-refractivity contribution is 6.17. The van der Waals surface area contributed by atoms with Gasteiger partial charge in [-0.2, -0.15) is 4.98 Å². The van der Waals surface area contributed by atoms with Crippen LogP contribution in [0.3, 0.4) is 0 Å². The van der Waals surface area contributed by atoms with Crippen molar-refractivity contribution in [1.82, 2.24) is 24.9 Å². The molecule has 0 fully saturated rings. The third kappa shape index (κ3) is 2.63. The topological polar surface area (TPSA) is 79.4 Å². The van der Waals surface area contributed by atoms with Crippen LogP contribution in [-0.4, -0.2) is 30.8 Å². The van der Waals surface area contributed by atoms with Crippen LogP contribution in [0, 0.1) is 0 Å². The third-order valence-electron chi connectivity index (χ3n) is 2.53. The molecule has 3 aromatic heterocycles. The van der Waals surface area contributed by atoms with Crippen molar-refractivity contribution in [2.24, 2.45) is 0 Å². The molecule has 0 aromatic carbocycles. The maximum Gasteiger partial charge on any atom is 0.207 e. The summed E-state index contributed by atoms with van der Waals surface area (Å²) in [5.41, 5.74) is 2.27. The van der Waals surface area contributed by atoms with Gasteiger partial charge >= 0.3 is 0 Å². The van der Waals surface area contributed by atoms with Crippen LogP contribution in [-0.2, 0) is 6.42 Å². The number of aromatic nitrogens is 5. The molecule has 0 aliphatic carbocycles. The van der Waals surface area contributed by atoms with Crippen LogP contribution in [0.5, 0.6) is 0 Å². The van der Waals surface area contributed by atoms with Crippen molar-refractivity contribution in [2.75, 3.05) is 11.2 Å². The lowest BCUT2D eigenvalue weighted by molar-refractivity contribution is 0.961. The number of fused-ring (bicyclic) bond motifs is 1. The van der Waals surface area contributed by atoms with Crippen molar-refractivity contribution in [1.29, 1.82) is 0 Å². The van der Waals surface area contributed by atoms with Crippen molar-refractivity contribution in [3.05, 3.63) is 36.5 Å². The zero-order valence-corrected chi connectivity index (χ0v) is 10.7. The van der Waals surface area contributed by atoms with Crippen LogP contribution < -0.4 is 5.32 Å². The van der Waals surface area contributed by atoms with Gasteiger partial charge in [-0.05, 0) is 12.1 Å². The van der Waals surface area contributed by atoms with E-state index in [1.807, 2.05) is 12.1 Å². The van der Waals surface area contributed by atoms with Gasteiger partial charge in [0.2, 0.25) is 5.95 Å². The quantitative estimate of drug-likeness (QED) is 0.714. The first-order valence-corrected chi connectivity index (χ1v) is 6.33. The molecule has 0 spiro atoms. The molecule has 3 heterocycles. The first-order chi connectivity index (χ1) is 9.35. The zero-order valence-electron chi connectivity index (χ0n) is 9.97. The Morgan fingerprint density at radius 3 is 3.00 bits per heavy atom. The minimum Gasteiger partial charge on any atom is -0.324 e. The van der Waals surface area contributed by atoms with Crippen LogP contribution in [0.15, 0.2) is 30.7 Å². The molecule has 0 unspecified atom stereocenters. The molecule has 7 heteroatoms. The van der Waals surface area contributed by atoms with Crippen LogP contribution in [0.4, 0.5) is 11.6 Å². The van der Waals surface area contributed by atoms with E-state index in [1.165, 1.54) is 0 Å². The maximum atomic E-state index is 5.67. The van der Waals surface area contributed by atoms with Gasteiger partial charge in [-0.25, -0.2) is 9.97 Å². The smallest absolute Gasteiger partial charge is 0.207 e. The number of hydrogen-bond donors (Lipinski definition) is 2. The average molecular weight is 275 g/mol. The number of imidazole rings is 1. The molecule has 0 radical (unpaired) electrons. The molecule has 0 amide bonds. The lowest BCUT2D eigenvalue weighted by atomic mass is 10.4. The summed E-state index contributed by atoms with van der Waals surface area (Å²) in [6, 6.07) is 3.76. The molecule has 6 nitrogen and oxygen atoms in total. The first kappa shape index (κ1) is 11.9. The highest BCUT2D eigenvalue weighted by Gasteiger charge is 2.06. The average Bonchev–Trinajstić information content (AvgIpc) is 2.82. The van der Waals surface area contributed by atoms with Crippen LogP contribution >= 0.6 is 11.6 Å². The van der Waals surface area contributed by atoms with Gasteiger partial charge in [0.1, 0.15) is 11.3 Å². The minimum absolute atomic E-state index is 0.497. The Labute approximate surface area is 114 Å². The summed E-state index contributed by atoms with van der Waals surface area (Å²) in [5.74, 6) is 1.80. The molecular formula is C12H11ClN6. The number of alkyl halides is 1. The molecule has 0 saturated heterocycles. The van der Waals surface area contributed by atoms with E-state index >= 15 is 0 Å². The minimum atomic E-state index is 0.497. The van der Waals surface area contributed by atoms with Crippen molar-refractivity contribution in [2.45, 2.75) is 6.42 Å². The molecule has 0 atom stereocenters. The summed E-state index contributed by atoms with van der Waals surface area (Å²) >= 11 is 5.67. The molecule has 0 aliphatic heterocycles. The van der Waals surface area contributed by atoms with Crippen molar-refractivity contribution < 1.29 is 0 Å². The van der Waals surface area contributed by atoms with E-state index in [1.54, 1.807) is 18.6 Å². The third-order valence-corrected chi connectivity index (χ3v) is 2.72. The zero-order chi connectivity index (χ0) is 13.1. The second-order valence-electron chi connectivity index (χ2n) is 3.91. The molecule has 19 heavy (non-hydrogen) atoms. The number of halogens is 1. The highest BCUT2D eigenvalue weighted by atomic mass is 35.5. The molecular weight excluding hydrogens is 264 g/mol. The van der Waals surface area contributed by atoms with Crippen LogP contribution in [0.2, 0.25) is 0 Å². The normalized spacial score (nSPS) is 10.8. The summed E-state index contributed by atoms with van der Waals surface area (Å²) in [6.07, 6.45) is 5.78. The second kappa shape index (κ2) is 5.19. The number of aromatic amines is 1. The second-order valence-corrected chi connectivity index (χ2v) is 4.29. The van der Waals surface area contributed by atoms with Crippen LogP contribution in [0.25, 0.3) is 11.2 Å². The van der Waals surface area contributed by atoms with Crippen molar-refractivity contribution >= 4 is 34.4 Å². The van der Waals surface area contributed by atoms with E-state index in [0.717, 1.165) is 11.2 Å². The molecule has 3 rings (SSSR count). The largest absolute Gasteiger partial charge is 0.324 e. The summed E-state index contributed by atoms with van der Waals surface area (Å²) in [5, 5.41) is 3.12. The van der Waals surface area contributed by atoms with E-state index in [9.17, 15) is 0 Å². The van der Waals surface area contributed by atoms with Crippen LogP contribution in [0.1, 0.15) is 5.82 Å². The monoisotopic (exact) mass is 274 g/mol. The molecule has 96 valence electrons. The SMILES string of the molecule is ClCCc1ncc2[nH]c(Nc3cccnc3)nc2n1. The number of nitrogens with one attached hydrogen (secondary N) is 2. The number of nitrogens with zero attached hydrogens (tertiary/aromatic N) is 4. The number of pyridine rings is 1. The van der Waals surface area contributed by atoms with Crippen molar-refractivity contribution in [3.8, 4) is 0 Å². The van der Waals surface area contributed by atoms with Crippen molar-refractivity contribution in [3.63, 3.8) is 0 Å². The Morgan fingerprint density at radius 2 is 2.21 bits per heavy atom. The Bertz CT molecular complexity index is 681. The highest BCUT2D eigenvalue weighted by Crippen LogP contribution is 2.15. The Kier molecular flexibility index (Phi) is 3.24. The fraction of sp³-hybridized carbons (Fsp3) is 0.167. The predicted molar refractivity (Wildman–Crippen MR) is 73.6 cm³/mol. The van der Waals surface area contributed by atoms with E-state index in [2.05, 4.69) is 30.2 Å². The summed E-state index contributed by atoms with van der Waals surface area (Å²) in [6.45, 7) is 0. The fourth-order valence-electron chi connectivity index (χ4n) is 1.68.